The van der Waals surface area contributed by atoms with Gasteiger partial charge in [0.2, 0.25) is 15.9 Å². The van der Waals surface area contributed by atoms with Gasteiger partial charge in [0, 0.05) is 4.47 Å². The number of hydrogen-bond acceptors (Lipinski definition) is 3. The number of halogens is 1. The highest BCUT2D eigenvalue weighted by Crippen LogP contribution is 2.22. The molecule has 0 aliphatic carbocycles. The van der Waals surface area contributed by atoms with E-state index in [-0.39, 0.29) is 12.3 Å². The van der Waals surface area contributed by atoms with Gasteiger partial charge in [0.05, 0.1) is 11.4 Å². The standard InChI is InChI=1S/C10H13BrN2O3S/c1-2-17(15,16)13(7-10(12)14)9-5-3-4-8(11)6-9/h3-6H,2,7H2,1H3,(H2,12,14). The third kappa shape index (κ3) is 3.71. The first-order chi connectivity index (χ1) is 7.86. The van der Waals surface area contributed by atoms with Gasteiger partial charge in [-0.05, 0) is 25.1 Å². The Bertz CT molecular complexity index is 516. The fraction of sp³-hybridized carbons (Fsp3) is 0.300. The van der Waals surface area contributed by atoms with Gasteiger partial charge in [-0.15, -0.1) is 0 Å². The third-order valence-electron chi connectivity index (χ3n) is 2.10. The van der Waals surface area contributed by atoms with Gasteiger partial charge < -0.3 is 5.73 Å². The summed E-state index contributed by atoms with van der Waals surface area (Å²) in [5.41, 5.74) is 5.48. The molecule has 0 spiro atoms. The lowest BCUT2D eigenvalue weighted by molar-refractivity contribution is -0.116. The van der Waals surface area contributed by atoms with Crippen molar-refractivity contribution >= 4 is 37.5 Å². The number of sulfonamides is 1. The van der Waals surface area contributed by atoms with Crippen LogP contribution in [0.15, 0.2) is 28.7 Å². The number of rotatable bonds is 5. The molecule has 0 aliphatic rings. The van der Waals surface area contributed by atoms with Crippen molar-refractivity contribution in [1.29, 1.82) is 0 Å². The number of nitrogens with zero attached hydrogens (tertiary/aromatic N) is 1. The minimum Gasteiger partial charge on any atom is -0.368 e. The molecule has 0 bridgehead atoms. The lowest BCUT2D eigenvalue weighted by Gasteiger charge is -2.22. The highest BCUT2D eigenvalue weighted by atomic mass is 79.9. The van der Waals surface area contributed by atoms with Gasteiger partial charge in [0.25, 0.3) is 0 Å². The zero-order valence-corrected chi connectivity index (χ0v) is 11.7. The predicted octanol–water partition coefficient (Wildman–Crippen LogP) is 1.09. The SMILES string of the molecule is CCS(=O)(=O)N(CC(N)=O)c1cccc(Br)c1. The number of carbonyl (C=O) groups excluding carboxylic acids is 1. The molecule has 0 atom stereocenters. The molecule has 0 aromatic heterocycles. The molecular weight excluding hydrogens is 308 g/mol. The average Bonchev–Trinajstić information content (AvgIpc) is 2.25. The maximum absolute atomic E-state index is 11.8. The monoisotopic (exact) mass is 320 g/mol. The number of amides is 1. The summed E-state index contributed by atoms with van der Waals surface area (Å²) >= 11 is 3.25. The number of nitrogens with two attached hydrogens (primary N) is 1. The molecule has 0 unspecified atom stereocenters. The first-order valence-electron chi connectivity index (χ1n) is 4.91. The minimum absolute atomic E-state index is 0.0905. The van der Waals surface area contributed by atoms with Crippen LogP contribution in [-0.4, -0.2) is 26.6 Å². The van der Waals surface area contributed by atoms with Gasteiger partial charge >= 0.3 is 0 Å². The maximum Gasteiger partial charge on any atom is 0.238 e. The number of benzene rings is 1. The van der Waals surface area contributed by atoms with E-state index < -0.39 is 15.9 Å². The van der Waals surface area contributed by atoms with Crippen molar-refractivity contribution in [2.45, 2.75) is 6.92 Å². The van der Waals surface area contributed by atoms with Crippen molar-refractivity contribution in [1.82, 2.24) is 0 Å². The molecule has 5 nitrogen and oxygen atoms in total. The summed E-state index contributed by atoms with van der Waals surface area (Å²) in [7, 11) is -3.51. The lowest BCUT2D eigenvalue weighted by Crippen LogP contribution is -2.39. The van der Waals surface area contributed by atoms with Crippen molar-refractivity contribution < 1.29 is 13.2 Å². The van der Waals surface area contributed by atoms with Crippen LogP contribution < -0.4 is 10.0 Å². The van der Waals surface area contributed by atoms with E-state index in [1.165, 1.54) is 6.92 Å². The molecule has 0 saturated carbocycles. The Hall–Kier alpha value is -1.08. The van der Waals surface area contributed by atoms with Crippen molar-refractivity contribution in [2.75, 3.05) is 16.6 Å². The summed E-state index contributed by atoms with van der Waals surface area (Å²) in [4.78, 5) is 10.9. The largest absolute Gasteiger partial charge is 0.368 e. The summed E-state index contributed by atoms with van der Waals surface area (Å²) in [6, 6.07) is 6.69. The molecule has 0 aliphatic heterocycles. The van der Waals surface area contributed by atoms with E-state index in [9.17, 15) is 13.2 Å². The summed E-state index contributed by atoms with van der Waals surface area (Å²) < 4.78 is 25.4. The number of primary amides is 1. The van der Waals surface area contributed by atoms with Gasteiger partial charge in [0.1, 0.15) is 6.54 Å². The Morgan fingerprint density at radius 3 is 2.59 bits per heavy atom. The smallest absolute Gasteiger partial charge is 0.238 e. The van der Waals surface area contributed by atoms with Crippen LogP contribution in [0.3, 0.4) is 0 Å². The van der Waals surface area contributed by atoms with E-state index >= 15 is 0 Å². The minimum atomic E-state index is -3.51. The van der Waals surface area contributed by atoms with E-state index in [0.717, 1.165) is 8.78 Å². The van der Waals surface area contributed by atoms with Crippen LogP contribution in [-0.2, 0) is 14.8 Å². The van der Waals surface area contributed by atoms with Crippen LogP contribution in [0, 0.1) is 0 Å². The predicted molar refractivity (Wildman–Crippen MR) is 70.1 cm³/mol. The highest BCUT2D eigenvalue weighted by molar-refractivity contribution is 9.10. The quantitative estimate of drug-likeness (QED) is 0.881. The molecular formula is C10H13BrN2O3S. The van der Waals surface area contributed by atoms with Crippen molar-refractivity contribution in [3.8, 4) is 0 Å². The van der Waals surface area contributed by atoms with Gasteiger partial charge in [-0.2, -0.15) is 0 Å². The number of anilines is 1. The van der Waals surface area contributed by atoms with Crippen LogP contribution >= 0.6 is 15.9 Å². The van der Waals surface area contributed by atoms with Crippen molar-refractivity contribution in [2.24, 2.45) is 5.73 Å². The zero-order valence-electron chi connectivity index (χ0n) is 9.26. The second-order valence-corrected chi connectivity index (χ2v) is 6.45. The average molecular weight is 321 g/mol. The Morgan fingerprint density at radius 1 is 1.47 bits per heavy atom. The molecule has 0 heterocycles. The Kier molecular flexibility index (Phi) is 4.53. The third-order valence-corrected chi connectivity index (χ3v) is 4.33. The van der Waals surface area contributed by atoms with Gasteiger partial charge in [-0.3, -0.25) is 9.10 Å². The van der Waals surface area contributed by atoms with Crippen molar-refractivity contribution in [3.05, 3.63) is 28.7 Å². The molecule has 2 N–H and O–H groups in total. The fourth-order valence-electron chi connectivity index (χ4n) is 1.28. The van der Waals surface area contributed by atoms with E-state index in [4.69, 9.17) is 5.73 Å². The molecule has 1 rings (SSSR count). The van der Waals surface area contributed by atoms with E-state index in [2.05, 4.69) is 15.9 Å². The van der Waals surface area contributed by atoms with Crippen LogP contribution in [0.2, 0.25) is 0 Å². The van der Waals surface area contributed by atoms with Crippen LogP contribution in [0.4, 0.5) is 5.69 Å². The van der Waals surface area contributed by atoms with Crippen LogP contribution in [0.1, 0.15) is 6.92 Å². The first-order valence-corrected chi connectivity index (χ1v) is 7.31. The van der Waals surface area contributed by atoms with Crippen molar-refractivity contribution in [3.63, 3.8) is 0 Å². The maximum atomic E-state index is 11.8. The van der Waals surface area contributed by atoms with Gasteiger partial charge in [-0.1, -0.05) is 22.0 Å². The molecule has 0 saturated heterocycles. The summed E-state index contributed by atoms with van der Waals surface area (Å²) in [5, 5.41) is 0. The number of hydrogen-bond donors (Lipinski definition) is 1. The lowest BCUT2D eigenvalue weighted by atomic mass is 10.3. The molecule has 1 aromatic rings. The fourth-order valence-corrected chi connectivity index (χ4v) is 2.74. The van der Waals surface area contributed by atoms with Gasteiger partial charge in [-0.25, -0.2) is 8.42 Å². The van der Waals surface area contributed by atoms with Crippen LogP contribution in [0.5, 0.6) is 0 Å². The zero-order chi connectivity index (χ0) is 13.1. The topological polar surface area (TPSA) is 80.5 Å². The molecule has 1 aromatic carbocycles. The Morgan fingerprint density at radius 2 is 2.12 bits per heavy atom. The molecule has 1 amide bonds. The summed E-state index contributed by atoms with van der Waals surface area (Å²) in [6.07, 6.45) is 0. The Balaban J connectivity index is 3.20. The summed E-state index contributed by atoms with van der Waals surface area (Å²) in [5.74, 6) is -0.783. The second-order valence-electron chi connectivity index (χ2n) is 3.35. The number of carbonyl (C=O) groups is 1. The normalized spacial score (nSPS) is 11.2. The van der Waals surface area contributed by atoms with E-state index in [1.807, 2.05) is 0 Å². The molecule has 7 heteroatoms. The molecule has 17 heavy (non-hydrogen) atoms. The highest BCUT2D eigenvalue weighted by Gasteiger charge is 2.22. The summed E-state index contributed by atoms with van der Waals surface area (Å²) in [6.45, 7) is 1.16. The van der Waals surface area contributed by atoms with E-state index in [0.29, 0.717) is 5.69 Å². The van der Waals surface area contributed by atoms with Crippen LogP contribution in [0.25, 0.3) is 0 Å². The van der Waals surface area contributed by atoms with Gasteiger partial charge in [0.15, 0.2) is 0 Å². The molecule has 0 fully saturated rings. The molecule has 94 valence electrons. The van der Waals surface area contributed by atoms with E-state index in [1.54, 1.807) is 24.3 Å². The molecule has 0 radical (unpaired) electrons. The Labute approximate surface area is 109 Å². The first kappa shape index (κ1) is 14.0. The second kappa shape index (κ2) is 5.50.